The van der Waals surface area contributed by atoms with Gasteiger partial charge in [0.15, 0.2) is 5.82 Å². The minimum absolute atomic E-state index is 0.188. The van der Waals surface area contributed by atoms with Gasteiger partial charge in [-0.3, -0.25) is 9.69 Å². The van der Waals surface area contributed by atoms with Gasteiger partial charge in [0.05, 0.1) is 16.4 Å². The Bertz CT molecular complexity index is 662. The number of hydrogen-bond acceptors (Lipinski definition) is 4. The average molecular weight is 321 g/mol. The third-order valence-electron chi connectivity index (χ3n) is 2.76. The van der Waals surface area contributed by atoms with Gasteiger partial charge in [0.25, 0.3) is 5.91 Å². The molecule has 1 aromatic heterocycles. The van der Waals surface area contributed by atoms with Crippen LogP contribution in [0.5, 0.6) is 0 Å². The summed E-state index contributed by atoms with van der Waals surface area (Å²) in [6.07, 6.45) is 0.175. The molecule has 1 heterocycles. The van der Waals surface area contributed by atoms with Crippen LogP contribution < -0.4 is 16.0 Å². The molecule has 0 atom stereocenters. The largest absolute Gasteiger partial charge is 0.465 e. The first-order valence-electron chi connectivity index (χ1n) is 6.25. The Morgan fingerprint density at radius 3 is 2.64 bits per heavy atom. The summed E-state index contributed by atoms with van der Waals surface area (Å²) in [6, 6.07) is 9.86. The van der Waals surface area contributed by atoms with Crippen molar-refractivity contribution in [2.75, 3.05) is 17.2 Å². The Labute approximate surface area is 131 Å². The molecular weight excluding hydrogens is 308 g/mol. The van der Waals surface area contributed by atoms with E-state index in [4.69, 9.17) is 22.4 Å². The summed E-state index contributed by atoms with van der Waals surface area (Å²) < 4.78 is 0. The first-order chi connectivity index (χ1) is 10.5. The number of nitrogens with two attached hydrogens (primary N) is 1. The van der Waals surface area contributed by atoms with Crippen LogP contribution in [0.1, 0.15) is 0 Å². The molecule has 0 bridgehead atoms. The summed E-state index contributed by atoms with van der Waals surface area (Å²) in [5.41, 5.74) is 6.50. The second kappa shape index (κ2) is 6.77. The molecule has 0 aliphatic rings. The average Bonchev–Trinajstić information content (AvgIpc) is 2.49. The van der Waals surface area contributed by atoms with E-state index in [1.165, 1.54) is 11.1 Å². The number of carbonyl (C=O) groups is 2. The molecule has 1 aromatic carbocycles. The fourth-order valence-electron chi connectivity index (χ4n) is 1.83. The molecule has 0 unspecified atom stereocenters. The van der Waals surface area contributed by atoms with Crippen LogP contribution in [-0.2, 0) is 4.79 Å². The topological polar surface area (TPSA) is 109 Å². The van der Waals surface area contributed by atoms with Gasteiger partial charge in [-0.25, -0.2) is 9.78 Å². The molecule has 0 saturated carbocycles. The lowest BCUT2D eigenvalue weighted by Gasteiger charge is -2.24. The van der Waals surface area contributed by atoms with Crippen molar-refractivity contribution in [3.05, 3.63) is 47.6 Å². The van der Waals surface area contributed by atoms with Crippen molar-refractivity contribution in [1.29, 1.82) is 0 Å². The molecule has 0 saturated heterocycles. The van der Waals surface area contributed by atoms with Crippen molar-refractivity contribution in [1.82, 2.24) is 10.3 Å². The lowest BCUT2D eigenvalue weighted by Crippen LogP contribution is -2.38. The third kappa shape index (κ3) is 3.44. The minimum atomic E-state index is -1.30. The van der Waals surface area contributed by atoms with Gasteiger partial charge in [-0.05, 0) is 24.3 Å². The number of hydrogen-bond donors (Lipinski definition) is 3. The van der Waals surface area contributed by atoms with E-state index < -0.39 is 18.5 Å². The summed E-state index contributed by atoms with van der Waals surface area (Å²) >= 11 is 6.13. The van der Waals surface area contributed by atoms with Crippen LogP contribution in [0.4, 0.5) is 22.0 Å². The number of anilines is 3. The van der Waals surface area contributed by atoms with Gasteiger partial charge in [-0.15, -0.1) is 0 Å². The molecule has 0 aliphatic heterocycles. The van der Waals surface area contributed by atoms with E-state index >= 15 is 0 Å². The molecule has 0 radical (unpaired) electrons. The number of halogens is 1. The number of nitrogens with one attached hydrogen (secondary N) is 1. The summed E-state index contributed by atoms with van der Waals surface area (Å²) in [5, 5.41) is 11.0. The zero-order valence-corrected chi connectivity index (χ0v) is 12.1. The lowest BCUT2D eigenvalue weighted by molar-refractivity contribution is -0.117. The van der Waals surface area contributed by atoms with E-state index in [0.717, 1.165) is 0 Å². The normalized spacial score (nSPS) is 10.0. The van der Waals surface area contributed by atoms with Crippen molar-refractivity contribution in [2.24, 2.45) is 0 Å². The molecule has 2 rings (SSSR count). The molecule has 0 fully saturated rings. The first-order valence-corrected chi connectivity index (χ1v) is 6.63. The van der Waals surface area contributed by atoms with Crippen molar-refractivity contribution >= 4 is 40.8 Å². The highest BCUT2D eigenvalue weighted by atomic mass is 35.5. The number of amides is 2. The van der Waals surface area contributed by atoms with Gasteiger partial charge in [-0.2, -0.15) is 0 Å². The maximum atomic E-state index is 12.4. The van der Waals surface area contributed by atoms with E-state index in [9.17, 15) is 9.59 Å². The van der Waals surface area contributed by atoms with Gasteiger partial charge in [0.1, 0.15) is 6.54 Å². The Morgan fingerprint density at radius 1 is 1.27 bits per heavy atom. The van der Waals surface area contributed by atoms with Crippen LogP contribution in [0.3, 0.4) is 0 Å². The van der Waals surface area contributed by atoms with Crippen molar-refractivity contribution in [2.45, 2.75) is 0 Å². The van der Waals surface area contributed by atoms with Gasteiger partial charge < -0.3 is 16.2 Å². The molecule has 2 amide bonds. The quantitative estimate of drug-likeness (QED) is 0.800. The van der Waals surface area contributed by atoms with E-state index in [1.54, 1.807) is 36.4 Å². The molecule has 22 heavy (non-hydrogen) atoms. The zero-order chi connectivity index (χ0) is 16.1. The summed E-state index contributed by atoms with van der Waals surface area (Å²) in [5.74, 6) is -0.367. The highest BCUT2D eigenvalue weighted by Crippen LogP contribution is 2.33. The maximum absolute atomic E-state index is 12.4. The number of benzene rings is 1. The highest BCUT2D eigenvalue weighted by molar-refractivity contribution is 6.34. The number of para-hydroxylation sites is 1. The van der Waals surface area contributed by atoms with Gasteiger partial charge in [0.2, 0.25) is 0 Å². The van der Waals surface area contributed by atoms with Crippen LogP contribution in [0, 0.1) is 0 Å². The SMILES string of the molecule is Nc1cccnc1N(C(=O)CNC(=O)O)c1ccccc1Cl. The van der Waals surface area contributed by atoms with Gasteiger partial charge in [-0.1, -0.05) is 23.7 Å². The molecule has 8 heteroatoms. The highest BCUT2D eigenvalue weighted by Gasteiger charge is 2.23. The Balaban J connectivity index is 2.46. The molecular formula is C14H13ClN4O3. The number of nitrogen functional groups attached to an aromatic ring is 1. The standard InChI is InChI=1S/C14H13ClN4O3/c15-9-4-1-2-6-11(9)19(12(20)8-18-14(21)22)13-10(16)5-3-7-17-13/h1-7,18H,8,16H2,(H,21,22). The van der Waals surface area contributed by atoms with E-state index in [1.807, 2.05) is 5.32 Å². The van der Waals surface area contributed by atoms with Crippen molar-refractivity contribution < 1.29 is 14.7 Å². The third-order valence-corrected chi connectivity index (χ3v) is 3.08. The van der Waals surface area contributed by atoms with E-state index in [0.29, 0.717) is 10.7 Å². The predicted octanol–water partition coefficient (Wildman–Crippen LogP) is 2.25. The van der Waals surface area contributed by atoms with Crippen molar-refractivity contribution in [3.63, 3.8) is 0 Å². The van der Waals surface area contributed by atoms with Gasteiger partial charge in [0, 0.05) is 6.20 Å². The summed E-state index contributed by atoms with van der Waals surface area (Å²) in [7, 11) is 0. The second-order valence-corrected chi connectivity index (χ2v) is 4.66. The maximum Gasteiger partial charge on any atom is 0.405 e. The fourth-order valence-corrected chi connectivity index (χ4v) is 2.05. The fraction of sp³-hybridized carbons (Fsp3) is 0.0714. The number of rotatable bonds is 4. The molecule has 7 nitrogen and oxygen atoms in total. The molecule has 2 aromatic rings. The van der Waals surface area contributed by atoms with Crippen LogP contribution in [0.15, 0.2) is 42.6 Å². The number of aromatic nitrogens is 1. The summed E-state index contributed by atoms with van der Waals surface area (Å²) in [6.45, 7) is -0.434. The number of pyridine rings is 1. The first kappa shape index (κ1) is 15.6. The Morgan fingerprint density at radius 2 is 2.00 bits per heavy atom. The van der Waals surface area contributed by atoms with E-state index in [2.05, 4.69) is 4.98 Å². The van der Waals surface area contributed by atoms with Gasteiger partial charge >= 0.3 is 6.09 Å². The zero-order valence-electron chi connectivity index (χ0n) is 11.4. The molecule has 114 valence electrons. The van der Waals surface area contributed by atoms with E-state index in [-0.39, 0.29) is 11.5 Å². The Hall–Kier alpha value is -2.80. The molecule has 0 spiro atoms. The lowest BCUT2D eigenvalue weighted by atomic mass is 10.2. The smallest absolute Gasteiger partial charge is 0.405 e. The molecule has 0 aliphatic carbocycles. The Kier molecular flexibility index (Phi) is 4.80. The number of carboxylic acid groups (broad SMARTS) is 1. The summed E-state index contributed by atoms with van der Waals surface area (Å²) in [4.78, 5) is 28.3. The molecule has 4 N–H and O–H groups in total. The van der Waals surface area contributed by atoms with Crippen LogP contribution in [0.2, 0.25) is 5.02 Å². The predicted molar refractivity (Wildman–Crippen MR) is 83.3 cm³/mol. The number of nitrogens with zero attached hydrogens (tertiary/aromatic N) is 2. The monoisotopic (exact) mass is 320 g/mol. The minimum Gasteiger partial charge on any atom is -0.465 e. The number of carbonyl (C=O) groups excluding carboxylic acids is 1. The second-order valence-electron chi connectivity index (χ2n) is 4.26. The van der Waals surface area contributed by atoms with Crippen LogP contribution >= 0.6 is 11.6 Å². The van der Waals surface area contributed by atoms with Crippen molar-refractivity contribution in [3.8, 4) is 0 Å². The van der Waals surface area contributed by atoms with Crippen LogP contribution in [0.25, 0.3) is 0 Å². The van der Waals surface area contributed by atoms with Crippen LogP contribution in [-0.4, -0.2) is 28.6 Å².